The number of hydrogen-bond donors (Lipinski definition) is 0. The van der Waals surface area contributed by atoms with Crippen molar-refractivity contribution in [2.45, 2.75) is 0 Å². The molecule has 26 heavy (non-hydrogen) atoms. The van der Waals surface area contributed by atoms with Crippen LogP contribution < -0.4 is 0 Å². The van der Waals surface area contributed by atoms with Crippen LogP contribution in [0.15, 0.2) is 41.0 Å². The predicted octanol–water partition coefficient (Wildman–Crippen LogP) is 7.07. The van der Waals surface area contributed by atoms with Gasteiger partial charge in [-0.3, -0.25) is 0 Å². The fourth-order valence-electron chi connectivity index (χ4n) is 1.87. The van der Waals surface area contributed by atoms with Crippen LogP contribution in [0, 0.1) is 0 Å². The summed E-state index contributed by atoms with van der Waals surface area (Å²) in [6, 6.07) is 0. The zero-order chi connectivity index (χ0) is 18.6. The molecule has 0 aliphatic heterocycles. The maximum Gasteiger partial charge on any atom is 1.00 e. The molecule has 0 aromatic carbocycles. The van der Waals surface area contributed by atoms with Gasteiger partial charge in [-0.15, -0.1) is 0 Å². The van der Waals surface area contributed by atoms with E-state index < -0.39 is 7.12 Å². The first kappa shape index (κ1) is 25.0. The summed E-state index contributed by atoms with van der Waals surface area (Å²) in [6.45, 7) is 0. The van der Waals surface area contributed by atoms with Crippen LogP contribution >= 0.6 is 143 Å². The quantitative estimate of drug-likeness (QED) is 0.264. The molecule has 6 nitrogen and oxygen atoms in total. The molecule has 0 saturated carbocycles. The Labute approximate surface area is 239 Å². The van der Waals surface area contributed by atoms with E-state index in [0.29, 0.717) is 27.6 Å². The van der Waals surface area contributed by atoms with Gasteiger partial charge in [0.05, 0.1) is 27.2 Å². The van der Waals surface area contributed by atoms with Gasteiger partial charge in [0.2, 0.25) is 0 Å². The fraction of sp³-hybridized carbons (Fsp3) is 0. The Morgan fingerprint density at radius 1 is 0.500 bits per heavy atom. The third kappa shape index (κ3) is 4.51. The molecule has 0 unspecified atom stereocenters. The topological polar surface area (TPSA) is 53.5 Å². The van der Waals surface area contributed by atoms with Crippen LogP contribution in [0.3, 0.4) is 0 Å². The average molecular weight is 1030 g/mol. The smallest absolute Gasteiger partial charge is 0.411 e. The Hall–Kier alpha value is 2.76. The van der Waals surface area contributed by atoms with Crippen LogP contribution in [-0.4, -0.2) is 36.2 Å². The summed E-state index contributed by atoms with van der Waals surface area (Å²) < 4.78 is 11.6. The monoisotopic (exact) mass is 1020 g/mol. The van der Waals surface area contributed by atoms with Gasteiger partial charge >= 0.3 is 22.4 Å². The van der Waals surface area contributed by atoms with Crippen molar-refractivity contribution in [1.82, 2.24) is 29.1 Å². The molecule has 3 aromatic heterocycles. The molecular weight excluding hydrogens is 1030 g/mol. The molecule has 143 valence electrons. The summed E-state index contributed by atoms with van der Waals surface area (Å²) in [4.78, 5) is 0. The van der Waals surface area contributed by atoms with Crippen molar-refractivity contribution < 1.29 is 22.4 Å². The van der Waals surface area contributed by atoms with Crippen LogP contribution in [0.4, 0.5) is 0 Å². The number of halogens is 9. The summed E-state index contributed by atoms with van der Waals surface area (Å²) in [5.41, 5.74) is 0. The molecule has 3 aromatic rings. The SMILES string of the molecule is Brc1nn([B-](n2nc(Br)c(Br)c2Br)n2nc(Br)c(Br)c2Br)c(Br)c1Br.[Ag+]. The molecule has 0 amide bonds. The maximum atomic E-state index is 4.54. The van der Waals surface area contributed by atoms with Crippen molar-refractivity contribution in [1.29, 1.82) is 0 Å². The average Bonchev–Trinajstić information content (AvgIpc) is 3.08. The molecule has 0 saturated heterocycles. The van der Waals surface area contributed by atoms with E-state index in [-0.39, 0.29) is 22.4 Å². The standard InChI is InChI=1S/C9BBr9N6.Ag/c11-1-4(14)20-23(7(1)17)10(24-8(18)2(12)5(15)21-24)25-9(19)3(13)6(16)22-25;/q-1;+1. The molecule has 17 heteroatoms. The van der Waals surface area contributed by atoms with Crippen molar-refractivity contribution in [3.63, 3.8) is 0 Å². The maximum absolute atomic E-state index is 4.54. The minimum atomic E-state index is -0.564. The molecular formula is C9AgBBr9N6. The molecule has 0 N–H and O–H groups in total. The van der Waals surface area contributed by atoms with Crippen molar-refractivity contribution in [2.24, 2.45) is 0 Å². The minimum absolute atomic E-state index is 0. The van der Waals surface area contributed by atoms with Crippen molar-refractivity contribution in [3.05, 3.63) is 41.0 Å². The Kier molecular flexibility index (Phi) is 9.55. The van der Waals surface area contributed by atoms with Gasteiger partial charge in [-0.25, -0.2) is 15.3 Å². The number of nitrogens with zero attached hydrogens (tertiary/aromatic N) is 6. The molecule has 0 aliphatic rings. The number of hydrogen-bond acceptors (Lipinski definition) is 3. The van der Waals surface area contributed by atoms with Crippen LogP contribution in [0.1, 0.15) is 0 Å². The summed E-state index contributed by atoms with van der Waals surface area (Å²) in [5, 5.41) is 13.6. The second-order valence-corrected chi connectivity index (χ2v) is 11.3. The summed E-state index contributed by atoms with van der Waals surface area (Å²) in [5.74, 6) is 0. The Balaban J connectivity index is 0.00000243. The Bertz CT molecular complexity index is 859. The Morgan fingerprint density at radius 3 is 0.885 bits per heavy atom. The van der Waals surface area contributed by atoms with Gasteiger partial charge in [-0.1, -0.05) is 0 Å². The minimum Gasteiger partial charge on any atom is -0.411 e. The van der Waals surface area contributed by atoms with E-state index in [2.05, 4.69) is 159 Å². The van der Waals surface area contributed by atoms with Gasteiger partial charge in [-0.2, -0.15) is 0 Å². The third-order valence-electron chi connectivity index (χ3n) is 2.93. The first-order valence-corrected chi connectivity index (χ1v) is 13.1. The van der Waals surface area contributed by atoms with Crippen molar-refractivity contribution in [3.8, 4) is 0 Å². The van der Waals surface area contributed by atoms with Crippen LogP contribution in [0.25, 0.3) is 0 Å². The van der Waals surface area contributed by atoms with Gasteiger partial charge in [-0.05, 0) is 143 Å². The molecule has 0 spiro atoms. The largest absolute Gasteiger partial charge is 1.00 e. The predicted molar refractivity (Wildman–Crippen MR) is 128 cm³/mol. The van der Waals surface area contributed by atoms with Gasteiger partial charge in [0.25, 0.3) is 7.12 Å². The first-order chi connectivity index (χ1) is 11.6. The van der Waals surface area contributed by atoms with Gasteiger partial charge in [0.15, 0.2) is 0 Å². The first-order valence-electron chi connectivity index (χ1n) is 5.92. The van der Waals surface area contributed by atoms with E-state index in [9.17, 15) is 0 Å². The molecule has 3 rings (SSSR count). The molecule has 0 aliphatic carbocycles. The zero-order valence-electron chi connectivity index (χ0n) is 11.5. The molecule has 1 radical (unpaired) electrons. The van der Waals surface area contributed by atoms with Gasteiger partial charge in [0, 0.05) is 0 Å². The van der Waals surface area contributed by atoms with Crippen molar-refractivity contribution in [2.75, 3.05) is 0 Å². The van der Waals surface area contributed by atoms with Crippen LogP contribution in [0.5, 0.6) is 0 Å². The molecule has 0 bridgehead atoms. The van der Waals surface area contributed by atoms with Gasteiger partial charge < -0.3 is 13.8 Å². The molecule has 3 heterocycles. The van der Waals surface area contributed by atoms with E-state index in [1.54, 1.807) is 13.8 Å². The molecule has 0 fully saturated rings. The van der Waals surface area contributed by atoms with Crippen LogP contribution in [0.2, 0.25) is 0 Å². The second kappa shape index (κ2) is 9.92. The van der Waals surface area contributed by atoms with E-state index in [0.717, 1.165) is 13.4 Å². The second-order valence-electron chi connectivity index (χ2n) is 4.37. The van der Waals surface area contributed by atoms with Crippen molar-refractivity contribution >= 4 is 150 Å². The van der Waals surface area contributed by atoms with E-state index in [4.69, 9.17) is 0 Å². The number of rotatable bonds is 3. The fourth-order valence-corrected chi connectivity index (χ4v) is 5.88. The summed E-state index contributed by atoms with van der Waals surface area (Å²) in [6.07, 6.45) is 0. The normalized spacial score (nSPS) is 11.3. The summed E-state index contributed by atoms with van der Waals surface area (Å²) in [7, 11) is -0.564. The van der Waals surface area contributed by atoms with Crippen LogP contribution in [-0.2, 0) is 22.4 Å². The zero-order valence-corrected chi connectivity index (χ0v) is 27.2. The third-order valence-corrected chi connectivity index (χ3v) is 12.3. The summed E-state index contributed by atoms with van der Waals surface area (Å²) >= 11 is 31.4. The van der Waals surface area contributed by atoms with Gasteiger partial charge in [0.1, 0.15) is 13.8 Å². The number of aromatic nitrogens is 6. The van der Waals surface area contributed by atoms with E-state index in [1.807, 2.05) is 0 Å². The Morgan fingerprint density at radius 2 is 0.731 bits per heavy atom. The molecule has 0 atom stereocenters. The van der Waals surface area contributed by atoms with E-state index in [1.165, 1.54) is 0 Å². The van der Waals surface area contributed by atoms with E-state index >= 15 is 0 Å².